The smallest absolute Gasteiger partial charge is 0.221 e. The van der Waals surface area contributed by atoms with E-state index in [1.54, 1.807) is 10.8 Å². The predicted octanol–water partition coefficient (Wildman–Crippen LogP) is 3.62. The van der Waals surface area contributed by atoms with E-state index < -0.39 is 0 Å². The first-order valence-corrected chi connectivity index (χ1v) is 8.49. The highest BCUT2D eigenvalue weighted by Crippen LogP contribution is 2.26. The van der Waals surface area contributed by atoms with Gasteiger partial charge in [-0.3, -0.25) is 4.79 Å². The Bertz CT molecular complexity index is 987. The molecule has 0 saturated carbocycles. The molecule has 0 fully saturated rings. The molecule has 0 saturated heterocycles. The van der Waals surface area contributed by atoms with Crippen molar-refractivity contribution in [1.82, 2.24) is 14.6 Å². The molecule has 4 aromatic rings. The van der Waals surface area contributed by atoms with Gasteiger partial charge in [0.25, 0.3) is 0 Å². The molecule has 2 N–H and O–H groups in total. The van der Waals surface area contributed by atoms with Crippen LogP contribution in [0, 0.1) is 0 Å². The lowest BCUT2D eigenvalue weighted by Crippen LogP contribution is -2.05. The number of aromatic nitrogens is 3. The second-order valence-corrected chi connectivity index (χ2v) is 6.41. The van der Waals surface area contributed by atoms with Crippen molar-refractivity contribution in [3.63, 3.8) is 0 Å². The van der Waals surface area contributed by atoms with Crippen LogP contribution < -0.4 is 10.6 Å². The number of nitrogens with zero attached hydrogens (tertiary/aromatic N) is 3. The monoisotopic (exact) mass is 353 g/mol. The zero-order valence-electron chi connectivity index (χ0n) is 13.4. The van der Waals surface area contributed by atoms with E-state index in [1.807, 2.05) is 42.6 Å². The van der Waals surface area contributed by atoms with Crippen LogP contribution in [0.4, 0.5) is 10.8 Å². The van der Waals surface area contributed by atoms with E-state index in [4.69, 9.17) is 4.42 Å². The fourth-order valence-corrected chi connectivity index (χ4v) is 3.22. The van der Waals surface area contributed by atoms with Crippen molar-refractivity contribution in [3.05, 3.63) is 54.6 Å². The van der Waals surface area contributed by atoms with E-state index in [0.717, 1.165) is 32.8 Å². The highest BCUT2D eigenvalue weighted by molar-refractivity contribution is 7.20. The number of benzene rings is 1. The average Bonchev–Trinajstić information content (AvgIpc) is 3.28. The van der Waals surface area contributed by atoms with Gasteiger partial charge in [-0.05, 0) is 24.3 Å². The lowest BCUT2D eigenvalue weighted by Gasteiger charge is -2.03. The van der Waals surface area contributed by atoms with Crippen LogP contribution in [0.25, 0.3) is 16.2 Å². The summed E-state index contributed by atoms with van der Waals surface area (Å²) in [5, 5.41) is 11.2. The van der Waals surface area contributed by atoms with Gasteiger partial charge in [0.15, 0.2) is 0 Å². The molecule has 0 unspecified atom stereocenters. The number of fused-ring (bicyclic) bond motifs is 1. The Hall–Kier alpha value is -3.13. The summed E-state index contributed by atoms with van der Waals surface area (Å²) in [6.07, 6.45) is 3.52. The van der Waals surface area contributed by atoms with Gasteiger partial charge in [-0.15, -0.1) is 5.10 Å². The molecule has 0 aliphatic rings. The summed E-state index contributed by atoms with van der Waals surface area (Å²) in [6, 6.07) is 11.3. The first kappa shape index (κ1) is 15.4. The number of rotatable bonds is 5. The maximum atomic E-state index is 11.2. The van der Waals surface area contributed by atoms with Gasteiger partial charge in [-0.1, -0.05) is 23.5 Å². The number of furan rings is 1. The first-order valence-electron chi connectivity index (χ1n) is 7.68. The van der Waals surface area contributed by atoms with Crippen LogP contribution in [-0.2, 0) is 11.3 Å². The number of hydrogen-bond donors (Lipinski definition) is 2. The van der Waals surface area contributed by atoms with E-state index >= 15 is 0 Å². The van der Waals surface area contributed by atoms with Gasteiger partial charge in [0.05, 0.1) is 24.7 Å². The van der Waals surface area contributed by atoms with E-state index in [0.29, 0.717) is 6.54 Å². The van der Waals surface area contributed by atoms with E-state index in [-0.39, 0.29) is 5.91 Å². The maximum absolute atomic E-state index is 11.2. The third kappa shape index (κ3) is 3.38. The van der Waals surface area contributed by atoms with Crippen LogP contribution in [0.15, 0.2) is 53.3 Å². The number of imidazole rings is 1. The number of amides is 1. The standard InChI is InChI=1S/C17H15N5O2S/c1-11(23)19-13-5-2-4-12(8-13)15-10-22-17(20-15)25-16(21-22)18-9-14-6-3-7-24-14/h2-8,10H,9H2,1H3,(H,18,21)(H,19,23). The summed E-state index contributed by atoms with van der Waals surface area (Å²) in [5.41, 5.74) is 2.48. The predicted molar refractivity (Wildman–Crippen MR) is 96.6 cm³/mol. The summed E-state index contributed by atoms with van der Waals surface area (Å²) >= 11 is 1.47. The minimum absolute atomic E-state index is 0.100. The Morgan fingerprint density at radius 1 is 1.32 bits per heavy atom. The minimum atomic E-state index is -0.100. The molecule has 126 valence electrons. The van der Waals surface area contributed by atoms with Crippen LogP contribution in [0.5, 0.6) is 0 Å². The second kappa shape index (κ2) is 6.40. The molecule has 0 atom stereocenters. The molecule has 0 aliphatic heterocycles. The highest BCUT2D eigenvalue weighted by atomic mass is 32.1. The molecule has 0 aliphatic carbocycles. The van der Waals surface area contributed by atoms with Crippen LogP contribution in [0.1, 0.15) is 12.7 Å². The molecule has 1 amide bonds. The number of carbonyl (C=O) groups excluding carboxylic acids is 1. The molecule has 7 nitrogen and oxygen atoms in total. The molecular formula is C17H15N5O2S. The SMILES string of the molecule is CC(=O)Nc1cccc(-c2cn3nc(NCc4ccco4)sc3n2)c1. The van der Waals surface area contributed by atoms with Crippen molar-refractivity contribution in [2.45, 2.75) is 13.5 Å². The van der Waals surface area contributed by atoms with Gasteiger partial charge < -0.3 is 15.1 Å². The lowest BCUT2D eigenvalue weighted by molar-refractivity contribution is -0.114. The van der Waals surface area contributed by atoms with E-state index in [1.165, 1.54) is 18.3 Å². The number of anilines is 2. The normalized spacial score (nSPS) is 10.9. The summed E-state index contributed by atoms with van der Waals surface area (Å²) in [4.78, 5) is 16.6. The summed E-state index contributed by atoms with van der Waals surface area (Å²) in [7, 11) is 0. The molecule has 4 rings (SSSR count). The topological polar surface area (TPSA) is 84.5 Å². The summed E-state index contributed by atoms with van der Waals surface area (Å²) in [6.45, 7) is 2.07. The van der Waals surface area contributed by atoms with Crippen LogP contribution in [0.2, 0.25) is 0 Å². The zero-order valence-corrected chi connectivity index (χ0v) is 14.2. The maximum Gasteiger partial charge on any atom is 0.221 e. The fraction of sp³-hybridized carbons (Fsp3) is 0.118. The molecule has 8 heteroatoms. The third-order valence-electron chi connectivity index (χ3n) is 3.52. The van der Waals surface area contributed by atoms with E-state index in [2.05, 4.69) is 20.7 Å². The number of carbonyl (C=O) groups is 1. The van der Waals surface area contributed by atoms with Crippen LogP contribution in [-0.4, -0.2) is 20.5 Å². The Labute approximate surface area is 147 Å². The fourth-order valence-electron chi connectivity index (χ4n) is 2.45. The van der Waals surface area contributed by atoms with Gasteiger partial charge in [0, 0.05) is 18.2 Å². The van der Waals surface area contributed by atoms with Gasteiger partial charge in [0.1, 0.15) is 5.76 Å². The average molecular weight is 353 g/mol. The Balaban J connectivity index is 1.54. The van der Waals surface area contributed by atoms with E-state index in [9.17, 15) is 4.79 Å². The Morgan fingerprint density at radius 2 is 2.24 bits per heavy atom. The Morgan fingerprint density at radius 3 is 3.00 bits per heavy atom. The molecular weight excluding hydrogens is 338 g/mol. The summed E-state index contributed by atoms with van der Waals surface area (Å²) < 4.78 is 7.03. The van der Waals surface area contributed by atoms with Crippen molar-refractivity contribution in [2.75, 3.05) is 10.6 Å². The zero-order chi connectivity index (χ0) is 17.2. The molecule has 25 heavy (non-hydrogen) atoms. The van der Waals surface area contributed by atoms with Gasteiger partial charge in [-0.25, -0.2) is 9.50 Å². The van der Waals surface area contributed by atoms with Crippen molar-refractivity contribution >= 4 is 33.0 Å². The van der Waals surface area contributed by atoms with Crippen LogP contribution in [0.3, 0.4) is 0 Å². The largest absolute Gasteiger partial charge is 0.467 e. The molecule has 0 bridgehead atoms. The molecule has 0 radical (unpaired) electrons. The number of hydrogen-bond acceptors (Lipinski definition) is 6. The first-order chi connectivity index (χ1) is 12.2. The van der Waals surface area contributed by atoms with Gasteiger partial charge in [-0.2, -0.15) is 0 Å². The molecule has 3 aromatic heterocycles. The molecule has 3 heterocycles. The van der Waals surface area contributed by atoms with Crippen LogP contribution >= 0.6 is 11.3 Å². The molecule has 0 spiro atoms. The van der Waals surface area contributed by atoms with Crippen molar-refractivity contribution in [3.8, 4) is 11.3 Å². The van der Waals surface area contributed by atoms with Gasteiger partial charge >= 0.3 is 0 Å². The third-order valence-corrected chi connectivity index (χ3v) is 4.40. The Kier molecular flexibility index (Phi) is 3.95. The quantitative estimate of drug-likeness (QED) is 0.572. The van der Waals surface area contributed by atoms with Crippen molar-refractivity contribution in [1.29, 1.82) is 0 Å². The second-order valence-electron chi connectivity index (χ2n) is 5.46. The minimum Gasteiger partial charge on any atom is -0.467 e. The molecule has 1 aromatic carbocycles. The summed E-state index contributed by atoms with van der Waals surface area (Å²) in [5.74, 6) is 0.750. The van der Waals surface area contributed by atoms with Crippen molar-refractivity contribution < 1.29 is 9.21 Å². The number of nitrogens with one attached hydrogen (secondary N) is 2. The lowest BCUT2D eigenvalue weighted by atomic mass is 10.1. The van der Waals surface area contributed by atoms with Gasteiger partial charge in [0.2, 0.25) is 16.0 Å². The van der Waals surface area contributed by atoms with Crippen molar-refractivity contribution in [2.24, 2.45) is 0 Å². The highest BCUT2D eigenvalue weighted by Gasteiger charge is 2.10.